The second-order valence-electron chi connectivity index (χ2n) is 2.55. The Morgan fingerprint density at radius 3 is 2.00 bits per heavy atom. The van der Waals surface area contributed by atoms with Gasteiger partial charge in [-0.1, -0.05) is 32.4 Å². The first-order valence-corrected chi connectivity index (χ1v) is 3.96. The van der Waals surface area contributed by atoms with Crippen LogP contribution in [0.15, 0.2) is 24.3 Å². The number of phenols is 1. The average Bonchev–Trinajstić information content (AvgIpc) is 1.88. The first-order valence-electron chi connectivity index (χ1n) is 3.96. The Morgan fingerprint density at radius 2 is 1.75 bits per heavy atom. The number of benzene rings is 1. The van der Waals surface area contributed by atoms with Crippen molar-refractivity contribution in [3.63, 3.8) is 0 Å². The van der Waals surface area contributed by atoms with Crippen LogP contribution in [0.2, 0.25) is 0 Å². The van der Waals surface area contributed by atoms with Crippen LogP contribution >= 0.6 is 0 Å². The summed E-state index contributed by atoms with van der Waals surface area (Å²) in [5, 5.41) is 8.81. The zero-order chi connectivity index (χ0) is 8.69. The first-order chi connectivity index (χ1) is 5.20. The quantitative estimate of drug-likeness (QED) is 0.699. The van der Waals surface area contributed by atoms with Crippen LogP contribution in [0.3, 0.4) is 0 Å². The number of rotatable bonds is 0. The van der Waals surface area contributed by atoms with Gasteiger partial charge in [0.15, 0.2) is 0 Å². The molecule has 1 aromatic rings. The van der Waals surface area contributed by atoms with Crippen LogP contribution in [-0.4, -0.2) is 5.11 Å². The van der Waals surface area contributed by atoms with Crippen LogP contribution in [-0.2, 0) is 0 Å². The van der Waals surface area contributed by atoms with E-state index >= 15 is 0 Å². The smallest absolute Gasteiger partial charge is 0.115 e. The normalized spacial score (nSPS) is 7.58. The van der Waals surface area contributed by atoms with E-state index in [0.29, 0.717) is 5.75 Å². The maximum atomic E-state index is 8.81. The van der Waals surface area contributed by atoms with Gasteiger partial charge in [0.1, 0.15) is 5.75 Å². The molecule has 0 aliphatic rings. The van der Waals surface area contributed by atoms with Gasteiger partial charge in [-0.2, -0.15) is 0 Å². The van der Waals surface area contributed by atoms with Gasteiger partial charge in [0.05, 0.1) is 0 Å². The molecule has 1 nitrogen and oxygen atoms in total. The SMILES string of the molecule is CCC.Cc1cccc(O)c1.[Fm]. The molecule has 0 radical (unpaired) electrons. The first kappa shape index (κ1) is 12.7. The molecule has 1 N–H and O–H groups in total. The van der Waals surface area contributed by atoms with E-state index in [1.54, 1.807) is 12.1 Å². The van der Waals surface area contributed by atoms with Crippen LogP contribution in [0, 0.1) is 6.92 Å². The standard InChI is InChI=1S/C7H8O.C3H8.Fm/c1-6-3-2-4-7(8)5-6;1-3-2;/h2-5,8H,1H3;3H2,1-2H3;. The van der Waals surface area contributed by atoms with Crippen molar-refractivity contribution in [3.05, 3.63) is 29.8 Å². The molecule has 0 aliphatic carbocycles. The third kappa shape index (κ3) is 6.14. The van der Waals surface area contributed by atoms with Crippen LogP contribution in [0.25, 0.3) is 0 Å². The minimum absolute atomic E-state index is 0. The molecule has 74 valence electrons. The third-order valence-electron chi connectivity index (χ3n) is 1.00. The van der Waals surface area contributed by atoms with Gasteiger partial charge in [-0.15, -0.1) is 0 Å². The summed E-state index contributed by atoms with van der Waals surface area (Å²) in [6, 6.07) is 7.15. The molecule has 0 bridgehead atoms. The van der Waals surface area contributed by atoms with Gasteiger partial charge in [-0.05, 0) is 24.6 Å². The Balaban J connectivity index is 0. The molecule has 0 saturated heterocycles. The van der Waals surface area contributed by atoms with Crippen LogP contribution in [0.4, 0.5) is 0 Å². The van der Waals surface area contributed by atoms with Crippen molar-refractivity contribution in [2.75, 3.05) is 0 Å². The topological polar surface area (TPSA) is 20.2 Å². The summed E-state index contributed by atoms with van der Waals surface area (Å²) < 4.78 is 0. The fourth-order valence-corrected chi connectivity index (χ4v) is 0.628. The molecule has 1 aromatic carbocycles. The third-order valence-corrected chi connectivity index (χ3v) is 1.00. The molecule has 2 heteroatoms. The summed E-state index contributed by atoms with van der Waals surface area (Å²) in [5.74, 6) is 0.338. The Morgan fingerprint density at radius 1 is 1.25 bits per heavy atom. The molecule has 0 atom stereocenters. The molecular weight excluding hydrogens is 393 g/mol. The van der Waals surface area contributed by atoms with E-state index in [1.165, 1.54) is 6.42 Å². The number of hydrogen-bond donors (Lipinski definition) is 1. The maximum absolute atomic E-state index is 8.81. The van der Waals surface area contributed by atoms with Crippen molar-refractivity contribution in [1.29, 1.82) is 0 Å². The van der Waals surface area contributed by atoms with Crippen molar-refractivity contribution < 1.29 is 5.11 Å². The summed E-state index contributed by atoms with van der Waals surface area (Å²) >= 11 is 0. The van der Waals surface area contributed by atoms with E-state index < -0.39 is 0 Å². The van der Waals surface area contributed by atoms with Gasteiger partial charge in [-0.25, -0.2) is 0 Å². The molecule has 0 aromatic heterocycles. The molecule has 1 rings (SSSR count). The molecule has 0 amide bonds. The van der Waals surface area contributed by atoms with Gasteiger partial charge in [0.2, 0.25) is 0 Å². The fourth-order valence-electron chi connectivity index (χ4n) is 0.628. The number of hydrogen-bond acceptors (Lipinski definition) is 1. The van der Waals surface area contributed by atoms with Gasteiger partial charge in [-0.3, -0.25) is 0 Å². The summed E-state index contributed by atoms with van der Waals surface area (Å²) in [4.78, 5) is 0. The number of aryl methyl sites for hydroxylation is 1. The van der Waals surface area contributed by atoms with E-state index in [4.69, 9.17) is 5.11 Å². The molecule has 0 unspecified atom stereocenters. The van der Waals surface area contributed by atoms with Gasteiger partial charge in [0.25, 0.3) is 0 Å². The molecule has 0 heterocycles. The zero-order valence-electron chi connectivity index (χ0n) is 7.75. The Hall–Kier alpha value is -1.98. The van der Waals surface area contributed by atoms with Crippen molar-refractivity contribution >= 4 is 0 Å². The molecule has 12 heavy (non-hydrogen) atoms. The fraction of sp³-hybridized carbons (Fsp3) is 0.400. The summed E-state index contributed by atoms with van der Waals surface area (Å²) in [5.41, 5.74) is 1.09. The largest absolute Gasteiger partial charge is 0.508 e. The van der Waals surface area contributed by atoms with Gasteiger partial charge < -0.3 is 5.11 Å². The van der Waals surface area contributed by atoms with Crippen LogP contribution in [0.1, 0.15) is 25.8 Å². The van der Waals surface area contributed by atoms with Gasteiger partial charge >= 0.3 is 0 Å². The molecule has 0 spiro atoms. The Labute approximate surface area is 68.7 Å². The minimum Gasteiger partial charge on any atom is -0.508 e. The molecular formula is C10H16FmO. The van der Waals surface area contributed by atoms with Crippen LogP contribution in [0.5, 0.6) is 5.75 Å². The average molecular weight is 409 g/mol. The second-order valence-corrected chi connectivity index (χ2v) is 2.55. The second kappa shape index (κ2) is 7.13. The van der Waals surface area contributed by atoms with E-state index in [1.807, 2.05) is 19.1 Å². The summed E-state index contributed by atoms with van der Waals surface area (Å²) in [6.45, 7) is 6.19. The van der Waals surface area contributed by atoms with E-state index in [2.05, 4.69) is 13.8 Å². The van der Waals surface area contributed by atoms with Crippen molar-refractivity contribution in [2.45, 2.75) is 27.2 Å². The molecule has 0 fully saturated rings. The Bertz CT molecular complexity index is 182. The molecule has 0 aliphatic heterocycles. The number of aromatic hydroxyl groups is 1. The van der Waals surface area contributed by atoms with E-state index in [0.717, 1.165) is 5.56 Å². The minimum atomic E-state index is 0. The predicted molar refractivity (Wildman–Crippen MR) is 48.8 cm³/mol. The van der Waals surface area contributed by atoms with Crippen molar-refractivity contribution in [2.24, 2.45) is 0 Å². The monoisotopic (exact) mass is 409 g/mol. The zero-order valence-corrected chi connectivity index (χ0v) is 10.2. The summed E-state index contributed by atoms with van der Waals surface area (Å²) in [7, 11) is 0. The maximum Gasteiger partial charge on any atom is 0.115 e. The van der Waals surface area contributed by atoms with Crippen LogP contribution < -0.4 is 0 Å². The Kier molecular flexibility index (Phi) is 7.53. The van der Waals surface area contributed by atoms with E-state index in [9.17, 15) is 0 Å². The summed E-state index contributed by atoms with van der Waals surface area (Å²) in [6.07, 6.45) is 1.25. The van der Waals surface area contributed by atoms with Crippen molar-refractivity contribution in [1.82, 2.24) is 0 Å². The molecule has 0 saturated carbocycles. The van der Waals surface area contributed by atoms with Gasteiger partial charge in [0, 0.05) is 0 Å². The van der Waals surface area contributed by atoms with Crippen molar-refractivity contribution in [3.8, 4) is 5.75 Å². The van der Waals surface area contributed by atoms with E-state index in [-0.39, 0.29) is 0 Å². The number of phenolic OH excluding ortho intramolecular Hbond substituents is 1. The predicted octanol–water partition coefficient (Wildman–Crippen LogP) is 3.12.